The van der Waals surface area contributed by atoms with Crippen molar-refractivity contribution in [3.63, 3.8) is 0 Å². The molecule has 0 saturated heterocycles. The topological polar surface area (TPSA) is 114 Å². The van der Waals surface area contributed by atoms with Gasteiger partial charge in [0.2, 0.25) is 11.8 Å². The van der Waals surface area contributed by atoms with Crippen molar-refractivity contribution in [3.05, 3.63) is 60.0 Å². The number of carbonyl (C=O) groups excluding carboxylic acids is 2. The molecule has 2 amide bonds. The van der Waals surface area contributed by atoms with Crippen molar-refractivity contribution in [2.24, 2.45) is 0 Å². The van der Waals surface area contributed by atoms with Crippen molar-refractivity contribution in [3.8, 4) is 16.2 Å². The van der Waals surface area contributed by atoms with Crippen LogP contribution in [0.25, 0.3) is 10.4 Å². The van der Waals surface area contributed by atoms with Crippen LogP contribution < -0.4 is 15.1 Å². The second-order valence-corrected chi connectivity index (χ2v) is 9.33. The first-order valence-electron chi connectivity index (χ1n) is 11.9. The minimum Gasteiger partial charge on any atom is -0.494 e. The number of hydroxylamine groups is 1. The van der Waals surface area contributed by atoms with E-state index in [0.717, 1.165) is 39.6 Å². The van der Waals surface area contributed by atoms with Crippen LogP contribution in [0.2, 0.25) is 0 Å². The van der Waals surface area contributed by atoms with E-state index in [1.807, 2.05) is 36.4 Å². The summed E-state index contributed by atoms with van der Waals surface area (Å²) in [5.74, 6) is 0.338. The van der Waals surface area contributed by atoms with Crippen LogP contribution in [0.3, 0.4) is 0 Å². The molecule has 3 rings (SSSR count). The summed E-state index contributed by atoms with van der Waals surface area (Å²) in [6, 6.07) is 11.6. The van der Waals surface area contributed by atoms with Gasteiger partial charge in [0.15, 0.2) is 0 Å². The molecule has 0 aliphatic heterocycles. The second-order valence-electron chi connectivity index (χ2n) is 8.16. The Morgan fingerprint density at radius 1 is 0.972 bits per heavy atom. The van der Waals surface area contributed by atoms with Crippen molar-refractivity contribution < 1.29 is 24.3 Å². The molecule has 0 radical (unpaired) electrons. The molecule has 2 aromatic heterocycles. The van der Waals surface area contributed by atoms with Crippen LogP contribution in [0.1, 0.15) is 43.4 Å². The molecular weight excluding hydrogens is 480 g/mol. The normalized spacial score (nSPS) is 10.7. The number of hydrogen-bond acceptors (Lipinski definition) is 8. The van der Waals surface area contributed by atoms with Gasteiger partial charge >= 0.3 is 0 Å². The lowest BCUT2D eigenvalue weighted by Crippen LogP contribution is -2.29. The van der Waals surface area contributed by atoms with E-state index < -0.39 is 5.91 Å². The van der Waals surface area contributed by atoms with Gasteiger partial charge in [0.25, 0.3) is 0 Å². The van der Waals surface area contributed by atoms with Gasteiger partial charge < -0.3 is 14.4 Å². The molecule has 0 spiro atoms. The lowest BCUT2D eigenvalue weighted by Gasteiger charge is -2.23. The number of unbranched alkanes of at least 4 members (excludes halogenated alkanes) is 2. The number of benzene rings is 1. The number of thiophene rings is 1. The molecule has 10 heteroatoms. The van der Waals surface area contributed by atoms with E-state index in [0.29, 0.717) is 39.0 Å². The number of aromatic nitrogens is 2. The predicted octanol–water partition coefficient (Wildman–Crippen LogP) is 4.61. The van der Waals surface area contributed by atoms with Gasteiger partial charge in [-0.05, 0) is 49.2 Å². The van der Waals surface area contributed by atoms with Gasteiger partial charge in [0.1, 0.15) is 12.1 Å². The molecular formula is C26H32N4O5S. The van der Waals surface area contributed by atoms with Crippen molar-refractivity contribution in [2.75, 3.05) is 25.2 Å². The van der Waals surface area contributed by atoms with Crippen LogP contribution in [0.4, 0.5) is 5.69 Å². The molecule has 2 N–H and O–H groups in total. The minimum absolute atomic E-state index is 0.00775. The molecule has 0 aliphatic carbocycles. The Morgan fingerprint density at radius 2 is 1.72 bits per heavy atom. The van der Waals surface area contributed by atoms with E-state index in [1.54, 1.807) is 41.2 Å². The van der Waals surface area contributed by atoms with Gasteiger partial charge in [-0.15, -0.1) is 11.3 Å². The van der Waals surface area contributed by atoms with Crippen molar-refractivity contribution in [2.45, 2.75) is 45.1 Å². The Kier molecular flexibility index (Phi) is 11.3. The molecule has 0 aliphatic rings. The highest BCUT2D eigenvalue weighted by molar-refractivity contribution is 7.15. The van der Waals surface area contributed by atoms with Crippen LogP contribution in [-0.2, 0) is 20.9 Å². The van der Waals surface area contributed by atoms with Gasteiger partial charge in [-0.1, -0.05) is 6.42 Å². The molecule has 36 heavy (non-hydrogen) atoms. The second kappa shape index (κ2) is 14.9. The average molecular weight is 513 g/mol. The molecule has 3 aromatic rings. The van der Waals surface area contributed by atoms with E-state index in [-0.39, 0.29) is 12.3 Å². The maximum atomic E-state index is 13.3. The van der Waals surface area contributed by atoms with E-state index in [1.165, 1.54) is 6.33 Å². The van der Waals surface area contributed by atoms with Crippen LogP contribution in [0.15, 0.2) is 55.1 Å². The predicted molar refractivity (Wildman–Crippen MR) is 138 cm³/mol. The Hall–Kier alpha value is -3.34. The molecule has 2 heterocycles. The molecule has 0 bridgehead atoms. The maximum absolute atomic E-state index is 13.3. The molecule has 192 valence electrons. The van der Waals surface area contributed by atoms with Crippen LogP contribution in [0.5, 0.6) is 5.75 Å². The van der Waals surface area contributed by atoms with Crippen LogP contribution in [-0.4, -0.2) is 47.3 Å². The largest absolute Gasteiger partial charge is 0.494 e. The summed E-state index contributed by atoms with van der Waals surface area (Å²) in [6.07, 6.45) is 8.44. The zero-order valence-electron chi connectivity index (χ0n) is 20.4. The average Bonchev–Trinajstić information content (AvgIpc) is 3.39. The number of anilines is 1. The number of carbonyl (C=O) groups is 2. The summed E-state index contributed by atoms with van der Waals surface area (Å²) >= 11 is 1.60. The summed E-state index contributed by atoms with van der Waals surface area (Å²) in [7, 11) is 1.66. The fourth-order valence-corrected chi connectivity index (χ4v) is 4.54. The lowest BCUT2D eigenvalue weighted by molar-refractivity contribution is -0.129. The third-order valence-corrected chi connectivity index (χ3v) is 6.57. The first-order valence-corrected chi connectivity index (χ1v) is 12.7. The van der Waals surface area contributed by atoms with Crippen molar-refractivity contribution in [1.82, 2.24) is 15.4 Å². The highest BCUT2D eigenvalue weighted by atomic mass is 32.1. The zero-order chi connectivity index (χ0) is 25.6. The van der Waals surface area contributed by atoms with Gasteiger partial charge in [0, 0.05) is 66.4 Å². The van der Waals surface area contributed by atoms with E-state index in [2.05, 4.69) is 9.97 Å². The van der Waals surface area contributed by atoms with Crippen molar-refractivity contribution in [1.29, 1.82) is 0 Å². The molecule has 1 aromatic carbocycles. The number of nitrogens with one attached hydrogen (secondary N) is 1. The van der Waals surface area contributed by atoms with Gasteiger partial charge in [-0.3, -0.25) is 14.8 Å². The molecule has 0 saturated carbocycles. The van der Waals surface area contributed by atoms with Gasteiger partial charge in [0.05, 0.1) is 13.2 Å². The first kappa shape index (κ1) is 27.3. The summed E-state index contributed by atoms with van der Waals surface area (Å²) in [5, 5.41) is 8.60. The van der Waals surface area contributed by atoms with E-state index >= 15 is 0 Å². The molecule has 9 nitrogen and oxygen atoms in total. The Bertz CT molecular complexity index is 1080. The lowest BCUT2D eigenvalue weighted by atomic mass is 10.1. The van der Waals surface area contributed by atoms with Crippen LogP contribution >= 0.6 is 11.3 Å². The highest BCUT2D eigenvalue weighted by Gasteiger charge is 2.18. The Morgan fingerprint density at radius 3 is 2.44 bits per heavy atom. The first-order chi connectivity index (χ1) is 17.6. The Balaban J connectivity index is 1.67. The summed E-state index contributed by atoms with van der Waals surface area (Å²) in [5.41, 5.74) is 3.36. The van der Waals surface area contributed by atoms with Crippen LogP contribution in [0, 0.1) is 0 Å². The standard InChI is InChI=1S/C26H32N4O5S/c1-34-14-5-15-35-22-10-8-21(9-11-22)30(26(32)7-4-2-3-6-25(31)29-33)18-23-12-13-24(36-23)20-16-27-19-28-17-20/h8-13,16-17,19,33H,2-7,14-15,18H2,1H3,(H,29,31). The number of hydrogen-bond donors (Lipinski definition) is 2. The fourth-order valence-electron chi connectivity index (χ4n) is 3.57. The zero-order valence-corrected chi connectivity index (χ0v) is 21.2. The number of amides is 2. The third-order valence-electron chi connectivity index (χ3n) is 5.45. The highest BCUT2D eigenvalue weighted by Crippen LogP contribution is 2.30. The van der Waals surface area contributed by atoms with Gasteiger partial charge in [-0.2, -0.15) is 0 Å². The number of rotatable bonds is 15. The number of nitrogens with zero attached hydrogens (tertiary/aromatic N) is 3. The Labute approximate surface area is 215 Å². The van der Waals surface area contributed by atoms with E-state index in [4.69, 9.17) is 14.7 Å². The summed E-state index contributed by atoms with van der Waals surface area (Å²) in [4.78, 5) is 36.5. The maximum Gasteiger partial charge on any atom is 0.243 e. The van der Waals surface area contributed by atoms with E-state index in [9.17, 15) is 9.59 Å². The monoisotopic (exact) mass is 512 g/mol. The quantitative estimate of drug-likeness (QED) is 0.174. The van der Waals surface area contributed by atoms with Crippen molar-refractivity contribution >= 4 is 28.8 Å². The smallest absolute Gasteiger partial charge is 0.243 e. The SMILES string of the molecule is COCCCOc1ccc(N(Cc2ccc(-c3cncnc3)s2)C(=O)CCCCCC(=O)NO)cc1. The summed E-state index contributed by atoms with van der Waals surface area (Å²) in [6.45, 7) is 1.65. The van der Waals surface area contributed by atoms with Gasteiger partial charge in [-0.25, -0.2) is 15.4 Å². The molecule has 0 fully saturated rings. The molecule has 0 unspecified atom stereocenters. The summed E-state index contributed by atoms with van der Waals surface area (Å²) < 4.78 is 10.8. The third kappa shape index (κ3) is 8.71. The minimum atomic E-state index is -0.412. The fraction of sp³-hybridized carbons (Fsp3) is 0.385. The number of methoxy groups -OCH3 is 1. The molecule has 0 atom stereocenters. The number of ether oxygens (including phenoxy) is 2.